The zero-order chi connectivity index (χ0) is 11.5. The quantitative estimate of drug-likeness (QED) is 0.848. The maximum atomic E-state index is 10.9. The lowest BCUT2D eigenvalue weighted by Gasteiger charge is -2.25. The van der Waals surface area contributed by atoms with E-state index in [0.29, 0.717) is 23.8 Å². The monoisotopic (exact) mass is 220 g/mol. The normalized spacial score (nSPS) is 15.6. The van der Waals surface area contributed by atoms with Crippen molar-refractivity contribution in [3.8, 4) is 5.75 Å². The Bertz CT molecular complexity index is 394. The van der Waals surface area contributed by atoms with Gasteiger partial charge in [0.25, 0.3) is 0 Å². The number of benzene rings is 1. The lowest BCUT2D eigenvalue weighted by atomic mass is 9.86. The van der Waals surface area contributed by atoms with Gasteiger partial charge in [-0.05, 0) is 49.4 Å². The van der Waals surface area contributed by atoms with Crippen molar-refractivity contribution >= 4 is 5.97 Å². The first-order valence-corrected chi connectivity index (χ1v) is 5.63. The summed E-state index contributed by atoms with van der Waals surface area (Å²) in [5.41, 5.74) is 1.21. The number of rotatable bonds is 4. The van der Waals surface area contributed by atoms with Gasteiger partial charge >= 0.3 is 5.97 Å². The largest absolute Gasteiger partial charge is 0.493 e. The van der Waals surface area contributed by atoms with Gasteiger partial charge in [-0.1, -0.05) is 6.42 Å². The standard InChI is InChI=1S/C13H16O3/c1-9-5-11(13(14)15)7-12(6-9)16-8-10-3-2-4-10/h5-7,10H,2-4,8H2,1H3,(H,14,15). The summed E-state index contributed by atoms with van der Waals surface area (Å²) in [5.74, 6) is 0.426. The van der Waals surface area contributed by atoms with Crippen molar-refractivity contribution in [2.45, 2.75) is 26.2 Å². The van der Waals surface area contributed by atoms with Crippen molar-refractivity contribution in [3.05, 3.63) is 29.3 Å². The summed E-state index contributed by atoms with van der Waals surface area (Å²) in [7, 11) is 0. The summed E-state index contributed by atoms with van der Waals surface area (Å²) in [5, 5.41) is 8.91. The van der Waals surface area contributed by atoms with Crippen LogP contribution in [-0.4, -0.2) is 17.7 Å². The van der Waals surface area contributed by atoms with Crippen LogP contribution in [0.1, 0.15) is 35.2 Å². The first-order chi connectivity index (χ1) is 7.65. The van der Waals surface area contributed by atoms with E-state index in [-0.39, 0.29) is 0 Å². The minimum atomic E-state index is -0.905. The van der Waals surface area contributed by atoms with Crippen molar-refractivity contribution in [1.29, 1.82) is 0 Å². The van der Waals surface area contributed by atoms with Crippen molar-refractivity contribution in [2.24, 2.45) is 5.92 Å². The predicted molar refractivity (Wildman–Crippen MR) is 61.0 cm³/mol. The molecule has 0 aliphatic heterocycles. The second kappa shape index (κ2) is 4.56. The molecule has 1 N–H and O–H groups in total. The van der Waals surface area contributed by atoms with Crippen LogP contribution in [0, 0.1) is 12.8 Å². The first kappa shape index (κ1) is 11.0. The average molecular weight is 220 g/mol. The molecule has 0 atom stereocenters. The maximum absolute atomic E-state index is 10.9. The summed E-state index contributed by atoms with van der Waals surface area (Å²) < 4.78 is 5.62. The molecule has 0 aromatic heterocycles. The van der Waals surface area contributed by atoms with Gasteiger partial charge in [0.05, 0.1) is 12.2 Å². The Kier molecular flexibility index (Phi) is 3.13. The number of carboxylic acids is 1. The highest BCUT2D eigenvalue weighted by atomic mass is 16.5. The third-order valence-corrected chi connectivity index (χ3v) is 3.01. The number of carboxylic acid groups (broad SMARTS) is 1. The van der Waals surface area contributed by atoms with Gasteiger partial charge in [-0.15, -0.1) is 0 Å². The van der Waals surface area contributed by atoms with E-state index in [1.165, 1.54) is 19.3 Å². The Hall–Kier alpha value is -1.51. The molecule has 1 aromatic carbocycles. The highest BCUT2D eigenvalue weighted by molar-refractivity contribution is 5.88. The number of ether oxygens (including phenoxy) is 1. The number of hydrogen-bond donors (Lipinski definition) is 1. The van der Waals surface area contributed by atoms with Crippen LogP contribution in [0.5, 0.6) is 5.75 Å². The molecule has 1 aliphatic rings. The second-order valence-corrected chi connectivity index (χ2v) is 4.45. The molecule has 0 radical (unpaired) electrons. The Labute approximate surface area is 95.0 Å². The van der Waals surface area contributed by atoms with Gasteiger partial charge in [-0.3, -0.25) is 0 Å². The number of aromatic carboxylic acids is 1. The molecule has 0 spiro atoms. The Morgan fingerprint density at radius 3 is 2.75 bits per heavy atom. The third-order valence-electron chi connectivity index (χ3n) is 3.01. The Morgan fingerprint density at radius 2 is 2.19 bits per heavy atom. The second-order valence-electron chi connectivity index (χ2n) is 4.45. The lowest BCUT2D eigenvalue weighted by molar-refractivity contribution is 0.0696. The predicted octanol–water partition coefficient (Wildman–Crippen LogP) is 2.87. The van der Waals surface area contributed by atoms with Gasteiger partial charge in [0.15, 0.2) is 0 Å². The fourth-order valence-electron chi connectivity index (χ4n) is 1.83. The number of carbonyl (C=O) groups is 1. The molecule has 3 nitrogen and oxygen atoms in total. The molecule has 16 heavy (non-hydrogen) atoms. The highest BCUT2D eigenvalue weighted by Crippen LogP contribution is 2.27. The maximum Gasteiger partial charge on any atom is 0.335 e. The zero-order valence-electron chi connectivity index (χ0n) is 9.40. The van der Waals surface area contributed by atoms with Crippen molar-refractivity contribution in [3.63, 3.8) is 0 Å². The fraction of sp³-hybridized carbons (Fsp3) is 0.462. The van der Waals surface area contributed by atoms with Crippen LogP contribution in [0.2, 0.25) is 0 Å². The van der Waals surface area contributed by atoms with Gasteiger partial charge in [-0.2, -0.15) is 0 Å². The summed E-state index contributed by atoms with van der Waals surface area (Å²) in [6, 6.07) is 5.12. The van der Waals surface area contributed by atoms with Gasteiger partial charge < -0.3 is 9.84 Å². The molecule has 0 heterocycles. The van der Waals surface area contributed by atoms with Crippen molar-refractivity contribution in [2.75, 3.05) is 6.61 Å². The zero-order valence-corrected chi connectivity index (χ0v) is 9.40. The van der Waals surface area contributed by atoms with Crippen LogP contribution in [0.15, 0.2) is 18.2 Å². The molecule has 0 saturated heterocycles. The smallest absolute Gasteiger partial charge is 0.335 e. The molecule has 2 rings (SSSR count). The fourth-order valence-corrected chi connectivity index (χ4v) is 1.83. The van der Waals surface area contributed by atoms with Crippen LogP contribution in [0.3, 0.4) is 0 Å². The highest BCUT2D eigenvalue weighted by Gasteiger charge is 2.18. The van der Waals surface area contributed by atoms with E-state index >= 15 is 0 Å². The summed E-state index contributed by atoms with van der Waals surface area (Å²) in [6.45, 7) is 2.59. The summed E-state index contributed by atoms with van der Waals surface area (Å²) >= 11 is 0. The van der Waals surface area contributed by atoms with Gasteiger partial charge in [0.2, 0.25) is 0 Å². The third kappa shape index (κ3) is 2.54. The number of hydrogen-bond acceptors (Lipinski definition) is 2. The molecule has 0 unspecified atom stereocenters. The van der Waals surface area contributed by atoms with Crippen LogP contribution in [0.25, 0.3) is 0 Å². The van der Waals surface area contributed by atoms with E-state index in [1.807, 2.05) is 13.0 Å². The van der Waals surface area contributed by atoms with E-state index < -0.39 is 5.97 Å². The van der Waals surface area contributed by atoms with Crippen molar-refractivity contribution < 1.29 is 14.6 Å². The molecule has 0 amide bonds. The van der Waals surface area contributed by atoms with Gasteiger partial charge in [-0.25, -0.2) is 4.79 Å². The van der Waals surface area contributed by atoms with E-state index in [0.717, 1.165) is 5.56 Å². The van der Waals surface area contributed by atoms with E-state index in [2.05, 4.69) is 0 Å². The van der Waals surface area contributed by atoms with Crippen LogP contribution in [0.4, 0.5) is 0 Å². The van der Waals surface area contributed by atoms with E-state index in [1.54, 1.807) is 12.1 Å². The molecule has 0 bridgehead atoms. The van der Waals surface area contributed by atoms with Crippen LogP contribution >= 0.6 is 0 Å². The summed E-state index contributed by atoms with van der Waals surface area (Å²) in [4.78, 5) is 10.9. The number of aryl methyl sites for hydroxylation is 1. The van der Waals surface area contributed by atoms with Crippen molar-refractivity contribution in [1.82, 2.24) is 0 Å². The van der Waals surface area contributed by atoms with E-state index in [9.17, 15) is 4.79 Å². The van der Waals surface area contributed by atoms with Gasteiger partial charge in [0, 0.05) is 0 Å². The molecule has 3 heteroatoms. The average Bonchev–Trinajstić information content (AvgIpc) is 2.14. The van der Waals surface area contributed by atoms with Crippen LogP contribution in [-0.2, 0) is 0 Å². The Balaban J connectivity index is 2.04. The molecule has 1 saturated carbocycles. The SMILES string of the molecule is Cc1cc(OCC2CCC2)cc(C(=O)O)c1. The minimum absolute atomic E-state index is 0.295. The molecular weight excluding hydrogens is 204 g/mol. The molecule has 86 valence electrons. The van der Waals surface area contributed by atoms with Crippen LogP contribution < -0.4 is 4.74 Å². The topological polar surface area (TPSA) is 46.5 Å². The molecular formula is C13H16O3. The first-order valence-electron chi connectivity index (χ1n) is 5.63. The lowest BCUT2D eigenvalue weighted by Crippen LogP contribution is -2.19. The summed E-state index contributed by atoms with van der Waals surface area (Å²) in [6.07, 6.45) is 3.76. The minimum Gasteiger partial charge on any atom is -0.493 e. The van der Waals surface area contributed by atoms with Gasteiger partial charge in [0.1, 0.15) is 5.75 Å². The Morgan fingerprint density at radius 1 is 1.44 bits per heavy atom. The van der Waals surface area contributed by atoms with E-state index in [4.69, 9.17) is 9.84 Å². The molecule has 1 aromatic rings. The molecule has 1 aliphatic carbocycles. The molecule has 1 fully saturated rings.